The molecule has 0 spiro atoms. The van der Waals surface area contributed by atoms with Crippen LogP contribution in [-0.4, -0.2) is 18.4 Å². The van der Waals surface area contributed by atoms with E-state index < -0.39 is 23.6 Å². The summed E-state index contributed by atoms with van der Waals surface area (Å²) in [5.74, 6) is -0.946. The zero-order valence-electron chi connectivity index (χ0n) is 14.0. The first-order valence-corrected chi connectivity index (χ1v) is 7.97. The highest BCUT2D eigenvalue weighted by atomic mass is 35.5. The van der Waals surface area contributed by atoms with Gasteiger partial charge in [0.15, 0.2) is 0 Å². The SMILES string of the molecule is CC(=O)N(CC(=O)Nc1ccc(Cl)cc1C)c1ccc(C(F)(F)F)cc1. The van der Waals surface area contributed by atoms with E-state index in [9.17, 15) is 22.8 Å². The minimum atomic E-state index is -4.47. The first kappa shape index (κ1) is 19.8. The lowest BCUT2D eigenvalue weighted by molar-refractivity contribution is -0.137. The van der Waals surface area contributed by atoms with Crippen LogP contribution in [0.5, 0.6) is 0 Å². The second kappa shape index (κ2) is 7.78. The van der Waals surface area contributed by atoms with E-state index in [1.807, 2.05) is 0 Å². The van der Waals surface area contributed by atoms with Crippen LogP contribution in [-0.2, 0) is 15.8 Å². The predicted octanol–water partition coefficient (Wildman–Crippen LogP) is 4.66. The summed E-state index contributed by atoms with van der Waals surface area (Å²) in [6.07, 6.45) is -4.47. The molecular weight excluding hydrogens is 369 g/mol. The molecule has 0 bridgehead atoms. The highest BCUT2D eigenvalue weighted by molar-refractivity contribution is 6.30. The van der Waals surface area contributed by atoms with Gasteiger partial charge in [-0.25, -0.2) is 0 Å². The number of nitrogens with one attached hydrogen (secondary N) is 1. The van der Waals surface area contributed by atoms with Crippen LogP contribution in [0.1, 0.15) is 18.1 Å². The third-order valence-corrected chi connectivity index (χ3v) is 3.89. The number of anilines is 2. The normalized spacial score (nSPS) is 11.2. The van der Waals surface area contributed by atoms with E-state index in [1.165, 1.54) is 6.92 Å². The van der Waals surface area contributed by atoms with Crippen molar-refractivity contribution in [3.05, 3.63) is 58.6 Å². The number of carbonyl (C=O) groups excluding carboxylic acids is 2. The molecule has 138 valence electrons. The van der Waals surface area contributed by atoms with Crippen LogP contribution in [0.25, 0.3) is 0 Å². The van der Waals surface area contributed by atoms with E-state index in [0.717, 1.165) is 34.7 Å². The maximum absolute atomic E-state index is 12.6. The molecule has 0 atom stereocenters. The molecule has 0 aliphatic rings. The molecular formula is C18H16ClF3N2O2. The van der Waals surface area contributed by atoms with Gasteiger partial charge >= 0.3 is 6.18 Å². The molecule has 0 aliphatic heterocycles. The third kappa shape index (κ3) is 4.98. The van der Waals surface area contributed by atoms with E-state index in [-0.39, 0.29) is 12.2 Å². The van der Waals surface area contributed by atoms with Gasteiger partial charge in [0.05, 0.1) is 5.56 Å². The van der Waals surface area contributed by atoms with Crippen LogP contribution in [0.3, 0.4) is 0 Å². The van der Waals surface area contributed by atoms with Gasteiger partial charge in [0.2, 0.25) is 11.8 Å². The lowest BCUT2D eigenvalue weighted by atomic mass is 10.2. The van der Waals surface area contributed by atoms with Gasteiger partial charge in [0.25, 0.3) is 0 Å². The Morgan fingerprint density at radius 3 is 2.23 bits per heavy atom. The van der Waals surface area contributed by atoms with Crippen LogP contribution in [0.2, 0.25) is 5.02 Å². The predicted molar refractivity (Wildman–Crippen MR) is 94.3 cm³/mol. The maximum Gasteiger partial charge on any atom is 0.416 e. The molecule has 2 aromatic rings. The molecule has 0 aliphatic carbocycles. The minimum absolute atomic E-state index is 0.202. The second-order valence-corrected chi connectivity index (χ2v) is 6.09. The summed E-state index contributed by atoms with van der Waals surface area (Å²) in [7, 11) is 0. The zero-order valence-corrected chi connectivity index (χ0v) is 14.8. The summed E-state index contributed by atoms with van der Waals surface area (Å²) >= 11 is 5.86. The Kier molecular flexibility index (Phi) is 5.92. The maximum atomic E-state index is 12.6. The molecule has 4 nitrogen and oxygen atoms in total. The molecule has 0 aromatic heterocycles. The Balaban J connectivity index is 2.15. The number of carbonyl (C=O) groups is 2. The van der Waals surface area contributed by atoms with E-state index >= 15 is 0 Å². The van der Waals surface area contributed by atoms with Gasteiger partial charge in [-0.15, -0.1) is 0 Å². The number of rotatable bonds is 4. The number of alkyl halides is 3. The summed E-state index contributed by atoms with van der Waals surface area (Å²) in [6.45, 7) is 2.67. The summed E-state index contributed by atoms with van der Waals surface area (Å²) in [5.41, 5.74) is 0.657. The van der Waals surface area contributed by atoms with Gasteiger partial charge in [-0.2, -0.15) is 13.2 Å². The Hall–Kier alpha value is -2.54. The van der Waals surface area contributed by atoms with Crippen molar-refractivity contribution in [3.63, 3.8) is 0 Å². The summed E-state index contributed by atoms with van der Waals surface area (Å²) in [6, 6.07) is 8.97. The van der Waals surface area contributed by atoms with E-state index in [4.69, 9.17) is 11.6 Å². The third-order valence-electron chi connectivity index (χ3n) is 3.65. The van der Waals surface area contributed by atoms with Crippen LogP contribution in [0, 0.1) is 6.92 Å². The van der Waals surface area contributed by atoms with Gasteiger partial charge in [-0.3, -0.25) is 9.59 Å². The van der Waals surface area contributed by atoms with Crippen LogP contribution < -0.4 is 10.2 Å². The second-order valence-electron chi connectivity index (χ2n) is 5.66. The van der Waals surface area contributed by atoms with Crippen molar-refractivity contribution in [2.75, 3.05) is 16.8 Å². The van der Waals surface area contributed by atoms with Gasteiger partial charge in [0.1, 0.15) is 6.54 Å². The first-order valence-electron chi connectivity index (χ1n) is 7.59. The Labute approximate surface area is 153 Å². The Morgan fingerprint density at radius 2 is 1.73 bits per heavy atom. The van der Waals surface area contributed by atoms with E-state index in [0.29, 0.717) is 10.7 Å². The Morgan fingerprint density at radius 1 is 1.12 bits per heavy atom. The topological polar surface area (TPSA) is 49.4 Å². The first-order chi connectivity index (χ1) is 12.1. The summed E-state index contributed by atoms with van der Waals surface area (Å²) in [5, 5.41) is 3.18. The fourth-order valence-corrected chi connectivity index (χ4v) is 2.54. The van der Waals surface area contributed by atoms with Gasteiger partial charge in [-0.1, -0.05) is 11.6 Å². The summed E-state index contributed by atoms with van der Waals surface area (Å²) < 4.78 is 37.9. The largest absolute Gasteiger partial charge is 0.416 e. The highest BCUT2D eigenvalue weighted by Gasteiger charge is 2.30. The van der Waals surface area contributed by atoms with Crippen molar-refractivity contribution >= 4 is 34.8 Å². The molecule has 0 unspecified atom stereocenters. The number of aryl methyl sites for hydroxylation is 1. The molecule has 8 heteroatoms. The van der Waals surface area contributed by atoms with Crippen molar-refractivity contribution in [2.24, 2.45) is 0 Å². The van der Waals surface area contributed by atoms with Crippen molar-refractivity contribution in [2.45, 2.75) is 20.0 Å². The van der Waals surface area contributed by atoms with Crippen molar-refractivity contribution in [3.8, 4) is 0 Å². The minimum Gasteiger partial charge on any atom is -0.324 e. The monoisotopic (exact) mass is 384 g/mol. The molecule has 0 fully saturated rings. The van der Waals surface area contributed by atoms with E-state index in [2.05, 4.69) is 5.32 Å². The molecule has 0 radical (unpaired) electrons. The molecule has 2 rings (SSSR count). The fraction of sp³-hybridized carbons (Fsp3) is 0.222. The molecule has 2 amide bonds. The van der Waals surface area contributed by atoms with Gasteiger partial charge < -0.3 is 10.2 Å². The zero-order chi connectivity index (χ0) is 19.5. The molecule has 26 heavy (non-hydrogen) atoms. The number of amides is 2. The summed E-state index contributed by atoms with van der Waals surface area (Å²) in [4.78, 5) is 25.2. The molecule has 0 heterocycles. The van der Waals surface area contributed by atoms with Crippen LogP contribution in [0.15, 0.2) is 42.5 Å². The Bertz CT molecular complexity index is 820. The molecule has 0 saturated carbocycles. The van der Waals surface area contributed by atoms with Crippen molar-refractivity contribution < 1.29 is 22.8 Å². The fourth-order valence-electron chi connectivity index (χ4n) is 2.32. The number of halogens is 4. The highest BCUT2D eigenvalue weighted by Crippen LogP contribution is 2.30. The van der Waals surface area contributed by atoms with Crippen LogP contribution >= 0.6 is 11.6 Å². The number of benzene rings is 2. The standard InChI is InChI=1S/C18H16ClF3N2O2/c1-11-9-14(19)5-8-16(11)23-17(26)10-24(12(2)25)15-6-3-13(4-7-15)18(20,21)22/h3-9H,10H2,1-2H3,(H,23,26). The molecule has 1 N–H and O–H groups in total. The quantitative estimate of drug-likeness (QED) is 0.833. The van der Waals surface area contributed by atoms with Crippen molar-refractivity contribution in [1.82, 2.24) is 0 Å². The van der Waals surface area contributed by atoms with Gasteiger partial charge in [0, 0.05) is 23.3 Å². The van der Waals surface area contributed by atoms with Gasteiger partial charge in [-0.05, 0) is 55.0 Å². The molecule has 0 saturated heterocycles. The molecule has 2 aromatic carbocycles. The number of hydrogen-bond donors (Lipinski definition) is 1. The lowest BCUT2D eigenvalue weighted by Crippen LogP contribution is -2.36. The average molecular weight is 385 g/mol. The van der Waals surface area contributed by atoms with Crippen molar-refractivity contribution in [1.29, 1.82) is 0 Å². The number of hydrogen-bond acceptors (Lipinski definition) is 2. The van der Waals surface area contributed by atoms with E-state index in [1.54, 1.807) is 25.1 Å². The number of nitrogens with zero attached hydrogens (tertiary/aromatic N) is 1. The average Bonchev–Trinajstić information content (AvgIpc) is 2.54. The smallest absolute Gasteiger partial charge is 0.324 e. The lowest BCUT2D eigenvalue weighted by Gasteiger charge is -2.21. The van der Waals surface area contributed by atoms with Crippen LogP contribution in [0.4, 0.5) is 24.5 Å².